The van der Waals surface area contributed by atoms with E-state index in [4.69, 9.17) is 6.42 Å². The summed E-state index contributed by atoms with van der Waals surface area (Å²) in [6.45, 7) is 14.0. The molecule has 0 spiro atoms. The molecule has 0 bridgehead atoms. The third-order valence-electron chi connectivity index (χ3n) is 2.10. The first-order valence-corrected chi connectivity index (χ1v) is 6.74. The zero-order valence-corrected chi connectivity index (χ0v) is 13.0. The van der Waals surface area contributed by atoms with E-state index in [9.17, 15) is 0 Å². The highest BCUT2D eigenvalue weighted by Gasteiger charge is 1.92. The standard InChI is InChI=1S/C9H12.C6H7N.C3H8/c1-5-8(4)9(6-2)7-3;1-6-3-2-4-7-5-6;1-3-2/h1,6H,4,7H2,2-3H3;2-5H,1H3;3H2,1-2H3/b9-6-;;. The molecule has 19 heavy (non-hydrogen) atoms. The van der Waals surface area contributed by atoms with Gasteiger partial charge in [-0.25, -0.2) is 0 Å². The third kappa shape index (κ3) is 12.4. The summed E-state index contributed by atoms with van der Waals surface area (Å²) < 4.78 is 0. The molecule has 1 nitrogen and oxygen atoms in total. The van der Waals surface area contributed by atoms with Crippen molar-refractivity contribution in [1.29, 1.82) is 0 Å². The first-order valence-electron chi connectivity index (χ1n) is 6.74. The molecular weight excluding hydrogens is 230 g/mol. The lowest BCUT2D eigenvalue weighted by Gasteiger charge is -1.97. The topological polar surface area (TPSA) is 12.9 Å². The predicted molar refractivity (Wildman–Crippen MR) is 87.0 cm³/mol. The van der Waals surface area contributed by atoms with E-state index in [1.165, 1.54) is 12.0 Å². The number of aromatic nitrogens is 1. The van der Waals surface area contributed by atoms with Crippen LogP contribution in [0.4, 0.5) is 0 Å². The van der Waals surface area contributed by atoms with Crippen molar-refractivity contribution in [2.24, 2.45) is 0 Å². The SMILES string of the molecule is C#CC(=C)/C(=C\C)CC.CCC.Cc1cccnc1. The van der Waals surface area contributed by atoms with Gasteiger partial charge in [0, 0.05) is 18.0 Å². The molecule has 1 rings (SSSR count). The maximum Gasteiger partial charge on any atom is 0.0297 e. The summed E-state index contributed by atoms with van der Waals surface area (Å²) in [6.07, 6.45) is 13.0. The van der Waals surface area contributed by atoms with E-state index >= 15 is 0 Å². The molecule has 0 amide bonds. The molecule has 1 aromatic rings. The van der Waals surface area contributed by atoms with E-state index in [1.807, 2.05) is 38.3 Å². The Morgan fingerprint density at radius 3 is 2.16 bits per heavy atom. The maximum atomic E-state index is 5.13. The van der Waals surface area contributed by atoms with Crippen LogP contribution in [-0.4, -0.2) is 4.98 Å². The van der Waals surface area contributed by atoms with Gasteiger partial charge in [0.1, 0.15) is 0 Å². The molecule has 0 unspecified atom stereocenters. The molecule has 0 saturated heterocycles. The van der Waals surface area contributed by atoms with Crippen molar-refractivity contribution < 1.29 is 0 Å². The Morgan fingerprint density at radius 1 is 1.42 bits per heavy atom. The van der Waals surface area contributed by atoms with Crippen LogP contribution >= 0.6 is 0 Å². The van der Waals surface area contributed by atoms with Gasteiger partial charge >= 0.3 is 0 Å². The van der Waals surface area contributed by atoms with E-state index in [0.717, 1.165) is 17.6 Å². The zero-order valence-electron chi connectivity index (χ0n) is 13.0. The van der Waals surface area contributed by atoms with Gasteiger partial charge in [-0.3, -0.25) is 4.98 Å². The largest absolute Gasteiger partial charge is 0.264 e. The highest BCUT2D eigenvalue weighted by molar-refractivity contribution is 5.41. The molecule has 1 heterocycles. The van der Waals surface area contributed by atoms with Gasteiger partial charge in [-0.05, 0) is 37.5 Å². The van der Waals surface area contributed by atoms with Crippen molar-refractivity contribution in [3.8, 4) is 12.3 Å². The molecular formula is C18H27N. The van der Waals surface area contributed by atoms with Crippen LogP contribution in [0.3, 0.4) is 0 Å². The van der Waals surface area contributed by atoms with Crippen LogP contribution in [0.15, 0.2) is 48.3 Å². The van der Waals surface area contributed by atoms with Gasteiger partial charge in [0.15, 0.2) is 0 Å². The minimum atomic E-state index is 0.806. The van der Waals surface area contributed by atoms with Crippen molar-refractivity contribution in [1.82, 2.24) is 4.98 Å². The van der Waals surface area contributed by atoms with Crippen molar-refractivity contribution >= 4 is 0 Å². The van der Waals surface area contributed by atoms with Gasteiger partial charge in [-0.1, -0.05) is 51.8 Å². The van der Waals surface area contributed by atoms with Crippen LogP contribution in [0.25, 0.3) is 0 Å². The Balaban J connectivity index is 0. The number of hydrogen-bond acceptors (Lipinski definition) is 1. The second kappa shape index (κ2) is 14.3. The van der Waals surface area contributed by atoms with Gasteiger partial charge in [-0.15, -0.1) is 6.42 Å². The normalized spacial score (nSPS) is 9.16. The maximum absolute atomic E-state index is 5.13. The molecule has 0 fully saturated rings. The lowest BCUT2D eigenvalue weighted by Crippen LogP contribution is -1.80. The van der Waals surface area contributed by atoms with E-state index in [0.29, 0.717) is 0 Å². The fourth-order valence-electron chi connectivity index (χ4n) is 1.13. The van der Waals surface area contributed by atoms with Crippen LogP contribution in [0.2, 0.25) is 0 Å². The fraction of sp³-hybridized carbons (Fsp3) is 0.389. The number of pyridine rings is 1. The minimum Gasteiger partial charge on any atom is -0.264 e. The van der Waals surface area contributed by atoms with Crippen LogP contribution in [0.5, 0.6) is 0 Å². The molecule has 0 aliphatic rings. The fourth-order valence-corrected chi connectivity index (χ4v) is 1.13. The van der Waals surface area contributed by atoms with Crippen molar-refractivity contribution in [3.05, 3.63) is 53.9 Å². The Morgan fingerprint density at radius 2 is 2.00 bits per heavy atom. The van der Waals surface area contributed by atoms with Crippen molar-refractivity contribution in [2.75, 3.05) is 0 Å². The molecule has 0 aromatic carbocycles. The Bertz CT molecular complexity index is 393. The van der Waals surface area contributed by atoms with E-state index in [-0.39, 0.29) is 0 Å². The number of nitrogens with zero attached hydrogens (tertiary/aromatic N) is 1. The van der Waals surface area contributed by atoms with E-state index in [2.05, 4.69) is 38.3 Å². The Kier molecular flexibility index (Phi) is 14.6. The molecule has 1 aromatic heterocycles. The minimum absolute atomic E-state index is 0.806. The number of rotatable bonds is 2. The van der Waals surface area contributed by atoms with Crippen LogP contribution < -0.4 is 0 Å². The highest BCUT2D eigenvalue weighted by atomic mass is 14.6. The summed E-state index contributed by atoms with van der Waals surface area (Å²) in [5, 5.41) is 0. The van der Waals surface area contributed by atoms with Gasteiger partial charge in [0.05, 0.1) is 0 Å². The summed E-state index contributed by atoms with van der Waals surface area (Å²) in [6, 6.07) is 3.95. The van der Waals surface area contributed by atoms with E-state index < -0.39 is 0 Å². The van der Waals surface area contributed by atoms with Crippen LogP contribution in [0, 0.1) is 19.3 Å². The Hall–Kier alpha value is -1.81. The average molecular weight is 257 g/mol. The first-order chi connectivity index (χ1) is 9.06. The highest BCUT2D eigenvalue weighted by Crippen LogP contribution is 2.09. The lowest BCUT2D eigenvalue weighted by molar-refractivity contribution is 1.09. The molecule has 104 valence electrons. The van der Waals surface area contributed by atoms with Crippen LogP contribution in [-0.2, 0) is 0 Å². The number of aryl methyl sites for hydroxylation is 1. The summed E-state index contributed by atoms with van der Waals surface area (Å²) >= 11 is 0. The summed E-state index contributed by atoms with van der Waals surface area (Å²) in [5.41, 5.74) is 3.18. The monoisotopic (exact) mass is 257 g/mol. The van der Waals surface area contributed by atoms with Gasteiger partial charge in [-0.2, -0.15) is 0 Å². The first kappa shape index (κ1) is 19.5. The van der Waals surface area contributed by atoms with Gasteiger partial charge in [0.2, 0.25) is 0 Å². The summed E-state index contributed by atoms with van der Waals surface area (Å²) in [5.74, 6) is 2.50. The van der Waals surface area contributed by atoms with E-state index in [1.54, 1.807) is 6.20 Å². The number of terminal acetylenes is 1. The molecule has 0 aliphatic heterocycles. The number of allylic oxidation sites excluding steroid dienone is 3. The summed E-state index contributed by atoms with van der Waals surface area (Å²) in [4.78, 5) is 3.88. The smallest absolute Gasteiger partial charge is 0.0297 e. The Labute approximate surface area is 119 Å². The van der Waals surface area contributed by atoms with Crippen LogP contribution in [0.1, 0.15) is 46.1 Å². The lowest BCUT2D eigenvalue weighted by atomic mass is 10.1. The second-order valence-corrected chi connectivity index (χ2v) is 4.03. The predicted octanol–water partition coefficient (Wildman–Crippen LogP) is 5.34. The van der Waals surface area contributed by atoms with Gasteiger partial charge < -0.3 is 0 Å². The molecule has 0 N–H and O–H groups in total. The van der Waals surface area contributed by atoms with Crippen molar-refractivity contribution in [3.63, 3.8) is 0 Å². The van der Waals surface area contributed by atoms with Crippen molar-refractivity contribution in [2.45, 2.75) is 47.5 Å². The molecule has 0 aliphatic carbocycles. The second-order valence-electron chi connectivity index (χ2n) is 4.03. The quantitative estimate of drug-likeness (QED) is 0.515. The molecule has 0 radical (unpaired) electrons. The average Bonchev–Trinajstić information content (AvgIpc) is 2.42. The third-order valence-corrected chi connectivity index (χ3v) is 2.10. The molecule has 0 saturated carbocycles. The molecule has 1 heteroatoms. The molecule has 0 atom stereocenters. The zero-order chi connectivity index (χ0) is 15.1. The van der Waals surface area contributed by atoms with Gasteiger partial charge in [0.25, 0.3) is 0 Å². The number of hydrogen-bond donors (Lipinski definition) is 0. The summed E-state index contributed by atoms with van der Waals surface area (Å²) in [7, 11) is 0.